The molecule has 1 rings (SSSR count). The lowest BCUT2D eigenvalue weighted by atomic mass is 9.73. The number of hydrogen-bond acceptors (Lipinski definition) is 2. The molecule has 0 saturated heterocycles. The average Bonchev–Trinajstić information content (AvgIpc) is 1.99. The summed E-state index contributed by atoms with van der Waals surface area (Å²) in [6, 6.07) is 0. The highest BCUT2D eigenvalue weighted by Gasteiger charge is 2.33. The van der Waals surface area contributed by atoms with Gasteiger partial charge in [-0.3, -0.25) is 4.79 Å². The highest BCUT2D eigenvalue weighted by molar-refractivity contribution is 8.14. The number of thioether (sulfide) groups is 1. The van der Waals surface area contributed by atoms with Crippen molar-refractivity contribution < 1.29 is 4.79 Å². The minimum atomic E-state index is 0.111. The van der Waals surface area contributed by atoms with Gasteiger partial charge >= 0.3 is 0 Å². The second-order valence-corrected chi connectivity index (χ2v) is 6.46. The van der Waals surface area contributed by atoms with Crippen LogP contribution < -0.4 is 5.32 Å². The van der Waals surface area contributed by atoms with Gasteiger partial charge in [0, 0.05) is 12.3 Å². The van der Waals surface area contributed by atoms with Crippen LogP contribution >= 0.6 is 11.8 Å². The molecule has 2 unspecified atom stereocenters. The fourth-order valence-electron chi connectivity index (χ4n) is 2.56. The third-order valence-corrected chi connectivity index (χ3v) is 3.94. The first-order valence-corrected chi connectivity index (χ1v) is 6.19. The van der Waals surface area contributed by atoms with Crippen molar-refractivity contribution in [2.75, 3.05) is 7.05 Å². The molecule has 1 aliphatic carbocycles. The van der Waals surface area contributed by atoms with Gasteiger partial charge in [-0.05, 0) is 30.6 Å². The molecule has 0 aromatic heterocycles. The Labute approximate surface area is 91.2 Å². The van der Waals surface area contributed by atoms with Crippen LogP contribution in [-0.2, 0) is 0 Å². The average molecular weight is 215 g/mol. The summed E-state index contributed by atoms with van der Waals surface area (Å²) in [6.07, 6.45) is 3.63. The number of nitrogens with one attached hydrogen (secondary N) is 1. The molecule has 0 aromatic rings. The van der Waals surface area contributed by atoms with Gasteiger partial charge in [0.05, 0.1) is 0 Å². The lowest BCUT2D eigenvalue weighted by Crippen LogP contribution is -2.30. The van der Waals surface area contributed by atoms with Gasteiger partial charge in [0.1, 0.15) is 0 Å². The van der Waals surface area contributed by atoms with Crippen LogP contribution in [0.2, 0.25) is 0 Å². The molecule has 2 nitrogen and oxygen atoms in total. The molecule has 14 heavy (non-hydrogen) atoms. The molecule has 2 atom stereocenters. The van der Waals surface area contributed by atoms with Gasteiger partial charge in [-0.25, -0.2) is 0 Å². The van der Waals surface area contributed by atoms with E-state index in [0.29, 0.717) is 10.7 Å². The first-order chi connectivity index (χ1) is 6.43. The van der Waals surface area contributed by atoms with E-state index in [9.17, 15) is 4.79 Å². The highest BCUT2D eigenvalue weighted by Crippen LogP contribution is 2.42. The predicted octanol–water partition coefficient (Wildman–Crippen LogP) is 3.27. The maximum absolute atomic E-state index is 11.2. The quantitative estimate of drug-likeness (QED) is 0.727. The molecule has 1 amide bonds. The smallest absolute Gasteiger partial charge is 0.279 e. The molecule has 1 aliphatic rings. The molecule has 0 spiro atoms. The van der Waals surface area contributed by atoms with E-state index in [1.807, 2.05) is 0 Å². The van der Waals surface area contributed by atoms with Crippen molar-refractivity contribution in [1.82, 2.24) is 5.32 Å². The lowest BCUT2D eigenvalue weighted by molar-refractivity contribution is 0.197. The standard InChI is InChI=1S/C11H21NOS/c1-8-5-9(14-10(13)12-4)7-11(2,3)6-8/h8-9H,5-7H2,1-4H3,(H,12,13). The van der Waals surface area contributed by atoms with E-state index in [1.54, 1.807) is 7.05 Å². The van der Waals surface area contributed by atoms with Gasteiger partial charge in [-0.2, -0.15) is 0 Å². The molecule has 82 valence electrons. The zero-order chi connectivity index (χ0) is 10.8. The summed E-state index contributed by atoms with van der Waals surface area (Å²) < 4.78 is 0. The van der Waals surface area contributed by atoms with Crippen molar-refractivity contribution >= 4 is 17.0 Å². The second kappa shape index (κ2) is 4.56. The number of amides is 1. The summed E-state index contributed by atoms with van der Waals surface area (Å²) in [6.45, 7) is 6.90. The van der Waals surface area contributed by atoms with Crippen LogP contribution in [0.15, 0.2) is 0 Å². The van der Waals surface area contributed by atoms with Crippen molar-refractivity contribution in [3.63, 3.8) is 0 Å². The Balaban J connectivity index is 2.50. The Kier molecular flexibility index (Phi) is 3.87. The van der Waals surface area contributed by atoms with Gasteiger partial charge in [0.2, 0.25) is 0 Å². The summed E-state index contributed by atoms with van der Waals surface area (Å²) in [7, 11) is 1.70. The fourth-order valence-corrected chi connectivity index (χ4v) is 3.94. The number of rotatable bonds is 1. The van der Waals surface area contributed by atoms with Crippen molar-refractivity contribution in [3.8, 4) is 0 Å². The van der Waals surface area contributed by atoms with E-state index in [0.717, 1.165) is 12.3 Å². The maximum Gasteiger partial charge on any atom is 0.279 e. The molecular formula is C11H21NOS. The Morgan fingerprint density at radius 2 is 2.07 bits per heavy atom. The molecule has 0 heterocycles. The summed E-state index contributed by atoms with van der Waals surface area (Å²) in [4.78, 5) is 11.2. The first-order valence-electron chi connectivity index (χ1n) is 5.31. The van der Waals surface area contributed by atoms with Crippen molar-refractivity contribution in [2.45, 2.75) is 45.3 Å². The molecule has 0 bridgehead atoms. The van der Waals surface area contributed by atoms with E-state index < -0.39 is 0 Å². The number of hydrogen-bond donors (Lipinski definition) is 1. The number of carbonyl (C=O) groups is 1. The van der Waals surface area contributed by atoms with Gasteiger partial charge in [0.15, 0.2) is 0 Å². The summed E-state index contributed by atoms with van der Waals surface area (Å²) in [5, 5.41) is 3.30. The van der Waals surface area contributed by atoms with E-state index in [4.69, 9.17) is 0 Å². The maximum atomic E-state index is 11.2. The molecule has 1 N–H and O–H groups in total. The molecule has 1 saturated carbocycles. The minimum absolute atomic E-state index is 0.111. The lowest BCUT2D eigenvalue weighted by Gasteiger charge is -2.38. The van der Waals surface area contributed by atoms with Crippen LogP contribution in [-0.4, -0.2) is 17.5 Å². The Morgan fingerprint density at radius 1 is 1.43 bits per heavy atom. The Bertz CT molecular complexity index is 215. The first kappa shape index (κ1) is 11.9. The highest BCUT2D eigenvalue weighted by atomic mass is 32.2. The van der Waals surface area contributed by atoms with E-state index >= 15 is 0 Å². The van der Waals surface area contributed by atoms with Gasteiger partial charge in [-0.1, -0.05) is 32.5 Å². The Hall–Kier alpha value is -0.180. The van der Waals surface area contributed by atoms with Gasteiger partial charge in [0.25, 0.3) is 5.24 Å². The zero-order valence-electron chi connectivity index (χ0n) is 9.59. The zero-order valence-corrected chi connectivity index (χ0v) is 10.4. The van der Waals surface area contributed by atoms with E-state index in [-0.39, 0.29) is 5.24 Å². The predicted molar refractivity (Wildman–Crippen MR) is 62.6 cm³/mol. The normalized spacial score (nSPS) is 31.1. The van der Waals surface area contributed by atoms with Crippen molar-refractivity contribution in [1.29, 1.82) is 0 Å². The topological polar surface area (TPSA) is 29.1 Å². The molecule has 0 radical (unpaired) electrons. The van der Waals surface area contributed by atoms with E-state index in [2.05, 4.69) is 26.1 Å². The summed E-state index contributed by atoms with van der Waals surface area (Å²) in [5.41, 5.74) is 0.406. The Morgan fingerprint density at radius 3 is 2.57 bits per heavy atom. The monoisotopic (exact) mass is 215 g/mol. The largest absolute Gasteiger partial charge is 0.350 e. The SMILES string of the molecule is CNC(=O)SC1CC(C)CC(C)(C)C1. The van der Waals surface area contributed by atoms with Crippen molar-refractivity contribution in [2.24, 2.45) is 11.3 Å². The van der Waals surface area contributed by atoms with Crippen LogP contribution in [0.25, 0.3) is 0 Å². The molecular weight excluding hydrogens is 194 g/mol. The fraction of sp³-hybridized carbons (Fsp3) is 0.909. The van der Waals surface area contributed by atoms with Crippen LogP contribution in [0.1, 0.15) is 40.0 Å². The summed E-state index contributed by atoms with van der Waals surface area (Å²) in [5.74, 6) is 0.751. The van der Waals surface area contributed by atoms with Crippen LogP contribution in [0.5, 0.6) is 0 Å². The second-order valence-electron chi connectivity index (χ2n) is 5.19. The van der Waals surface area contributed by atoms with Crippen LogP contribution in [0, 0.1) is 11.3 Å². The van der Waals surface area contributed by atoms with E-state index in [1.165, 1.54) is 24.6 Å². The van der Waals surface area contributed by atoms with Gasteiger partial charge < -0.3 is 5.32 Å². The van der Waals surface area contributed by atoms with Gasteiger partial charge in [-0.15, -0.1) is 0 Å². The van der Waals surface area contributed by atoms with Crippen LogP contribution in [0.3, 0.4) is 0 Å². The molecule has 3 heteroatoms. The van der Waals surface area contributed by atoms with Crippen LogP contribution in [0.4, 0.5) is 4.79 Å². The summed E-state index contributed by atoms with van der Waals surface area (Å²) >= 11 is 1.48. The third kappa shape index (κ3) is 3.52. The third-order valence-electron chi connectivity index (χ3n) is 2.82. The molecule has 1 fully saturated rings. The minimum Gasteiger partial charge on any atom is -0.350 e. The van der Waals surface area contributed by atoms with Crippen molar-refractivity contribution in [3.05, 3.63) is 0 Å². The number of carbonyl (C=O) groups excluding carboxylic acids is 1. The molecule has 0 aliphatic heterocycles. The molecule has 0 aromatic carbocycles.